The van der Waals surface area contributed by atoms with Gasteiger partial charge in [-0.1, -0.05) is 30.3 Å². The van der Waals surface area contributed by atoms with E-state index in [1.54, 1.807) is 0 Å². The lowest BCUT2D eigenvalue weighted by Crippen LogP contribution is -2.45. The van der Waals surface area contributed by atoms with Crippen LogP contribution >= 0.6 is 0 Å². The molecule has 0 saturated carbocycles. The second-order valence-corrected chi connectivity index (χ2v) is 6.65. The Morgan fingerprint density at radius 2 is 1.76 bits per heavy atom. The van der Waals surface area contributed by atoms with E-state index in [9.17, 15) is 13.2 Å². The predicted molar refractivity (Wildman–Crippen MR) is 96.7 cm³/mol. The molecule has 0 radical (unpaired) electrons. The molecule has 4 nitrogen and oxygen atoms in total. The summed E-state index contributed by atoms with van der Waals surface area (Å²) in [7, 11) is 0. The number of aliphatic imine (C=N–C) groups is 1. The van der Waals surface area contributed by atoms with Gasteiger partial charge in [-0.05, 0) is 33.3 Å². The van der Waals surface area contributed by atoms with E-state index in [-0.39, 0.29) is 18.1 Å². The highest BCUT2D eigenvalue weighted by Crippen LogP contribution is 2.18. The van der Waals surface area contributed by atoms with Gasteiger partial charge in [0.2, 0.25) is 0 Å². The van der Waals surface area contributed by atoms with Crippen molar-refractivity contribution in [1.82, 2.24) is 16.0 Å². The number of hydrogen-bond acceptors (Lipinski definition) is 2. The van der Waals surface area contributed by atoms with Crippen molar-refractivity contribution in [3.05, 3.63) is 35.9 Å². The molecule has 0 spiro atoms. The summed E-state index contributed by atoms with van der Waals surface area (Å²) in [6, 6.07) is 10.2. The third-order valence-electron chi connectivity index (χ3n) is 3.58. The van der Waals surface area contributed by atoms with E-state index in [1.807, 2.05) is 39.0 Å². The molecule has 0 aliphatic carbocycles. The average Bonchev–Trinajstić information content (AvgIpc) is 2.52. The van der Waals surface area contributed by atoms with Crippen LogP contribution in [0.3, 0.4) is 0 Å². The molecule has 0 amide bonds. The van der Waals surface area contributed by atoms with Crippen molar-refractivity contribution in [2.75, 3.05) is 19.6 Å². The summed E-state index contributed by atoms with van der Waals surface area (Å²) in [5.74, 6) is 0.397. The van der Waals surface area contributed by atoms with E-state index in [0.717, 1.165) is 0 Å². The fourth-order valence-electron chi connectivity index (χ4n) is 2.40. The number of benzene rings is 1. The minimum absolute atomic E-state index is 0.146. The SMILES string of the molecule is CCNC(=NCC(C)(C)NC(C)c1ccccc1)NCCC(F)(F)F. The van der Waals surface area contributed by atoms with E-state index in [0.29, 0.717) is 19.0 Å². The van der Waals surface area contributed by atoms with Crippen LogP contribution in [-0.4, -0.2) is 37.3 Å². The Labute approximate surface area is 148 Å². The molecule has 0 aromatic heterocycles. The maximum Gasteiger partial charge on any atom is 0.390 e. The molecular weight excluding hydrogens is 329 g/mol. The fraction of sp³-hybridized carbons (Fsp3) is 0.611. The summed E-state index contributed by atoms with van der Waals surface area (Å²) >= 11 is 0. The summed E-state index contributed by atoms with van der Waals surface area (Å²) in [6.45, 7) is 8.83. The summed E-state index contributed by atoms with van der Waals surface area (Å²) in [5.41, 5.74) is 0.872. The lowest BCUT2D eigenvalue weighted by atomic mass is 10.0. The third-order valence-corrected chi connectivity index (χ3v) is 3.58. The molecule has 1 aromatic rings. The van der Waals surface area contributed by atoms with Gasteiger partial charge in [-0.3, -0.25) is 4.99 Å². The summed E-state index contributed by atoms with van der Waals surface area (Å²) in [5, 5.41) is 9.20. The first-order chi connectivity index (χ1) is 11.6. The number of nitrogens with one attached hydrogen (secondary N) is 3. The Bertz CT molecular complexity index is 527. The summed E-state index contributed by atoms with van der Waals surface area (Å²) in [6.07, 6.45) is -5.06. The van der Waals surface area contributed by atoms with Gasteiger partial charge in [0.25, 0.3) is 0 Å². The molecule has 142 valence electrons. The highest BCUT2D eigenvalue weighted by Gasteiger charge is 2.26. The van der Waals surface area contributed by atoms with Crippen LogP contribution in [0, 0.1) is 0 Å². The quantitative estimate of drug-likeness (QED) is 0.491. The monoisotopic (exact) mass is 358 g/mol. The largest absolute Gasteiger partial charge is 0.390 e. The number of halogens is 3. The zero-order chi connectivity index (χ0) is 18.9. The van der Waals surface area contributed by atoms with Crippen molar-refractivity contribution in [2.45, 2.75) is 51.9 Å². The van der Waals surface area contributed by atoms with Gasteiger partial charge in [-0.15, -0.1) is 0 Å². The third kappa shape index (κ3) is 9.34. The number of hydrogen-bond donors (Lipinski definition) is 3. The Balaban J connectivity index is 2.59. The molecule has 0 aliphatic heterocycles. The zero-order valence-electron chi connectivity index (χ0n) is 15.4. The van der Waals surface area contributed by atoms with Crippen molar-refractivity contribution in [3.8, 4) is 0 Å². The molecule has 1 rings (SSSR count). The standard InChI is InChI=1S/C18H29F3N4/c1-5-22-16(23-12-11-18(19,20)21)24-13-17(3,4)25-14(2)15-9-7-6-8-10-15/h6-10,14,25H,5,11-13H2,1-4H3,(H2,22,23,24). The van der Waals surface area contributed by atoms with Crippen LogP contribution in [0.15, 0.2) is 35.3 Å². The Morgan fingerprint density at radius 3 is 2.32 bits per heavy atom. The Kier molecular flexibility index (Phi) is 8.22. The normalized spacial score (nSPS) is 14.3. The lowest BCUT2D eigenvalue weighted by molar-refractivity contribution is -0.132. The van der Waals surface area contributed by atoms with Crippen molar-refractivity contribution in [2.24, 2.45) is 4.99 Å². The van der Waals surface area contributed by atoms with E-state index in [2.05, 4.69) is 40.0 Å². The van der Waals surface area contributed by atoms with Gasteiger partial charge in [0, 0.05) is 24.7 Å². The molecule has 1 unspecified atom stereocenters. The van der Waals surface area contributed by atoms with Crippen LogP contribution in [0.25, 0.3) is 0 Å². The first kappa shape index (κ1) is 21.3. The molecule has 0 aliphatic rings. The molecule has 1 aromatic carbocycles. The Morgan fingerprint density at radius 1 is 1.12 bits per heavy atom. The fourth-order valence-corrected chi connectivity index (χ4v) is 2.40. The predicted octanol–water partition coefficient (Wildman–Crippen LogP) is 3.62. The minimum Gasteiger partial charge on any atom is -0.357 e. The van der Waals surface area contributed by atoms with Crippen LogP contribution < -0.4 is 16.0 Å². The highest BCUT2D eigenvalue weighted by atomic mass is 19.4. The van der Waals surface area contributed by atoms with Gasteiger partial charge in [0.05, 0.1) is 13.0 Å². The zero-order valence-corrected chi connectivity index (χ0v) is 15.4. The van der Waals surface area contributed by atoms with Gasteiger partial charge in [-0.2, -0.15) is 13.2 Å². The van der Waals surface area contributed by atoms with Crippen molar-refractivity contribution >= 4 is 5.96 Å². The minimum atomic E-state index is -4.17. The number of alkyl halides is 3. The van der Waals surface area contributed by atoms with E-state index < -0.39 is 12.6 Å². The molecule has 0 bridgehead atoms. The smallest absolute Gasteiger partial charge is 0.357 e. The van der Waals surface area contributed by atoms with E-state index >= 15 is 0 Å². The highest BCUT2D eigenvalue weighted by molar-refractivity contribution is 5.79. The second kappa shape index (κ2) is 9.65. The molecule has 0 fully saturated rings. The van der Waals surface area contributed by atoms with Gasteiger partial charge < -0.3 is 16.0 Å². The summed E-state index contributed by atoms with van der Waals surface area (Å²) < 4.78 is 36.8. The average molecular weight is 358 g/mol. The first-order valence-corrected chi connectivity index (χ1v) is 8.54. The van der Waals surface area contributed by atoms with Gasteiger partial charge in [0.1, 0.15) is 0 Å². The van der Waals surface area contributed by atoms with E-state index in [4.69, 9.17) is 0 Å². The molecule has 7 heteroatoms. The van der Waals surface area contributed by atoms with Gasteiger partial charge in [-0.25, -0.2) is 0 Å². The van der Waals surface area contributed by atoms with Crippen molar-refractivity contribution < 1.29 is 13.2 Å². The van der Waals surface area contributed by atoms with Crippen LogP contribution in [-0.2, 0) is 0 Å². The molecule has 25 heavy (non-hydrogen) atoms. The van der Waals surface area contributed by atoms with Crippen molar-refractivity contribution in [1.29, 1.82) is 0 Å². The lowest BCUT2D eigenvalue weighted by Gasteiger charge is -2.29. The number of nitrogens with zero attached hydrogens (tertiary/aromatic N) is 1. The molecular formula is C18H29F3N4. The second-order valence-electron chi connectivity index (χ2n) is 6.65. The maximum absolute atomic E-state index is 12.3. The molecule has 3 N–H and O–H groups in total. The van der Waals surface area contributed by atoms with Crippen LogP contribution in [0.5, 0.6) is 0 Å². The number of guanidine groups is 1. The summed E-state index contributed by atoms with van der Waals surface area (Å²) in [4.78, 5) is 4.42. The van der Waals surface area contributed by atoms with Crippen molar-refractivity contribution in [3.63, 3.8) is 0 Å². The number of rotatable bonds is 8. The first-order valence-electron chi connectivity index (χ1n) is 8.54. The maximum atomic E-state index is 12.3. The van der Waals surface area contributed by atoms with Crippen LogP contribution in [0.2, 0.25) is 0 Å². The van der Waals surface area contributed by atoms with Gasteiger partial charge >= 0.3 is 6.18 Å². The molecule has 0 saturated heterocycles. The van der Waals surface area contributed by atoms with Crippen LogP contribution in [0.1, 0.15) is 45.7 Å². The Hall–Kier alpha value is -1.76. The molecule has 0 heterocycles. The van der Waals surface area contributed by atoms with Crippen LogP contribution in [0.4, 0.5) is 13.2 Å². The van der Waals surface area contributed by atoms with Gasteiger partial charge in [0.15, 0.2) is 5.96 Å². The molecule has 1 atom stereocenters. The topological polar surface area (TPSA) is 48.5 Å². The van der Waals surface area contributed by atoms with E-state index in [1.165, 1.54) is 5.56 Å².